The summed E-state index contributed by atoms with van der Waals surface area (Å²) in [5.41, 5.74) is 0. The van der Waals surface area contributed by atoms with Crippen molar-refractivity contribution in [2.24, 2.45) is 0 Å². The third-order valence-corrected chi connectivity index (χ3v) is 0.687. The zero-order chi connectivity index (χ0) is 5.54. The average molecular weight is 99.2 g/mol. The maximum absolute atomic E-state index is 9.75. The highest BCUT2D eigenvalue weighted by Crippen LogP contribution is 1.82. The smallest absolute Gasteiger partial charge is 0.0856 e. The van der Waals surface area contributed by atoms with Gasteiger partial charge < -0.3 is 0 Å². The van der Waals surface area contributed by atoms with Gasteiger partial charge in [0.15, 0.2) is 0 Å². The van der Waals surface area contributed by atoms with Crippen LogP contribution in [0, 0.1) is 0 Å². The number of hydrogen-bond donors (Lipinski definition) is 0. The fourth-order valence-electron chi connectivity index (χ4n) is 0.353. The molecule has 0 aromatic rings. The number of allylic oxidation sites excluding steroid dienone is 1. The average Bonchev–Trinajstić information content (AvgIpc) is 1.69. The van der Waals surface area contributed by atoms with Gasteiger partial charge in [-0.1, -0.05) is 19.1 Å². The van der Waals surface area contributed by atoms with Crippen LogP contribution in [-0.2, 0) is 5.11 Å². The van der Waals surface area contributed by atoms with Gasteiger partial charge in [-0.15, -0.1) is 0 Å². The van der Waals surface area contributed by atoms with Crippen LogP contribution in [0.5, 0.6) is 0 Å². The molecule has 0 saturated carbocycles. The van der Waals surface area contributed by atoms with E-state index in [4.69, 9.17) is 0 Å². The van der Waals surface area contributed by atoms with E-state index in [1.165, 1.54) is 0 Å². The third-order valence-electron chi connectivity index (χ3n) is 0.687. The molecule has 0 aliphatic rings. The first-order chi connectivity index (χ1) is 3.41. The van der Waals surface area contributed by atoms with Gasteiger partial charge >= 0.3 is 0 Å². The van der Waals surface area contributed by atoms with Crippen LogP contribution in [0.15, 0.2) is 12.2 Å². The van der Waals surface area contributed by atoms with Gasteiger partial charge in [0.1, 0.15) is 0 Å². The molecule has 1 heteroatoms. The maximum Gasteiger partial charge on any atom is 0.0856 e. The molecule has 1 radical (unpaired) electrons. The lowest BCUT2D eigenvalue weighted by Crippen LogP contribution is -1.71. The third kappa shape index (κ3) is 5.70. The molecule has 0 fully saturated rings. The van der Waals surface area contributed by atoms with Crippen LogP contribution in [0.4, 0.5) is 0 Å². The van der Waals surface area contributed by atoms with Crippen molar-refractivity contribution in [3.05, 3.63) is 12.2 Å². The molecule has 0 rings (SSSR count). The minimum atomic E-state index is 0.0243. The second-order valence-electron chi connectivity index (χ2n) is 1.37. The molecular weight excluding hydrogens is 88.1 g/mol. The first-order valence-electron chi connectivity index (χ1n) is 2.65. The monoisotopic (exact) mass is 99.1 g/mol. The topological polar surface area (TPSA) is 19.9 Å². The van der Waals surface area contributed by atoms with E-state index in [1.807, 2.05) is 12.2 Å². The molecule has 0 saturated heterocycles. The van der Waals surface area contributed by atoms with Crippen LogP contribution in [0.3, 0.4) is 0 Å². The summed E-state index contributed by atoms with van der Waals surface area (Å²) in [5, 5.41) is 9.75. The summed E-state index contributed by atoms with van der Waals surface area (Å²) in [5.74, 6) is 0. The Hall–Kier alpha value is -0.300. The minimum absolute atomic E-state index is 0.0243. The van der Waals surface area contributed by atoms with Crippen LogP contribution in [0.2, 0.25) is 0 Å². The van der Waals surface area contributed by atoms with E-state index in [0.717, 1.165) is 6.42 Å². The first-order valence-corrected chi connectivity index (χ1v) is 2.65. The van der Waals surface area contributed by atoms with E-state index in [2.05, 4.69) is 6.92 Å². The first kappa shape index (κ1) is 6.70. The molecule has 0 aromatic heterocycles. The second kappa shape index (κ2) is 5.70. The largest absolute Gasteiger partial charge is 0.236 e. The molecule has 0 N–H and O–H groups in total. The summed E-state index contributed by atoms with van der Waals surface area (Å²) in [4.78, 5) is 0. The Morgan fingerprint density at radius 1 is 1.43 bits per heavy atom. The van der Waals surface area contributed by atoms with Crippen molar-refractivity contribution in [1.29, 1.82) is 0 Å². The molecule has 0 aliphatic heterocycles. The van der Waals surface area contributed by atoms with E-state index in [9.17, 15) is 5.11 Å². The highest BCUT2D eigenvalue weighted by Gasteiger charge is 1.70. The highest BCUT2D eigenvalue weighted by molar-refractivity contribution is 4.79. The molecule has 0 bridgehead atoms. The standard InChI is InChI=1S/C6H11O/c1-2-3-4-5-6-7/h3-4H,2,5-6H2,1H3. The van der Waals surface area contributed by atoms with Crippen LogP contribution < -0.4 is 0 Å². The summed E-state index contributed by atoms with van der Waals surface area (Å²) in [6.45, 7) is 2.08. The molecular formula is C6H11O. The zero-order valence-corrected chi connectivity index (χ0v) is 4.68. The summed E-state index contributed by atoms with van der Waals surface area (Å²) in [6.07, 6.45) is 5.67. The normalized spacial score (nSPS) is 10.6. The number of rotatable bonds is 3. The van der Waals surface area contributed by atoms with Gasteiger partial charge in [-0.25, -0.2) is 5.11 Å². The lowest BCUT2D eigenvalue weighted by molar-refractivity contribution is 0.199. The van der Waals surface area contributed by atoms with Gasteiger partial charge in [0.2, 0.25) is 0 Å². The zero-order valence-electron chi connectivity index (χ0n) is 4.68. The Morgan fingerprint density at radius 2 is 2.14 bits per heavy atom. The van der Waals surface area contributed by atoms with E-state index < -0.39 is 0 Å². The lowest BCUT2D eigenvalue weighted by Gasteiger charge is -1.77. The van der Waals surface area contributed by atoms with Gasteiger partial charge in [-0.3, -0.25) is 0 Å². The number of hydrogen-bond acceptors (Lipinski definition) is 0. The summed E-state index contributed by atoms with van der Waals surface area (Å²) >= 11 is 0. The van der Waals surface area contributed by atoms with Crippen molar-refractivity contribution in [3.8, 4) is 0 Å². The summed E-state index contributed by atoms with van der Waals surface area (Å²) < 4.78 is 0. The van der Waals surface area contributed by atoms with E-state index in [-0.39, 0.29) is 6.61 Å². The molecule has 0 spiro atoms. The lowest BCUT2D eigenvalue weighted by atomic mass is 10.3. The Bertz CT molecular complexity index is 48.1. The fraction of sp³-hybridized carbons (Fsp3) is 0.667. The highest BCUT2D eigenvalue weighted by atomic mass is 16.2. The second-order valence-corrected chi connectivity index (χ2v) is 1.37. The molecule has 1 nitrogen and oxygen atoms in total. The molecule has 0 aliphatic carbocycles. The van der Waals surface area contributed by atoms with Gasteiger partial charge in [0.25, 0.3) is 0 Å². The van der Waals surface area contributed by atoms with E-state index in [1.54, 1.807) is 0 Å². The molecule has 0 amide bonds. The minimum Gasteiger partial charge on any atom is -0.236 e. The summed E-state index contributed by atoms with van der Waals surface area (Å²) in [6, 6.07) is 0. The molecule has 7 heavy (non-hydrogen) atoms. The van der Waals surface area contributed by atoms with Crippen LogP contribution in [0.1, 0.15) is 19.8 Å². The quantitative estimate of drug-likeness (QED) is 0.480. The summed E-state index contributed by atoms with van der Waals surface area (Å²) in [7, 11) is 0. The van der Waals surface area contributed by atoms with Gasteiger partial charge in [-0.2, -0.15) is 0 Å². The Morgan fingerprint density at radius 3 is 2.57 bits per heavy atom. The fourth-order valence-corrected chi connectivity index (χ4v) is 0.353. The van der Waals surface area contributed by atoms with Gasteiger partial charge in [0, 0.05) is 0 Å². The van der Waals surface area contributed by atoms with Crippen LogP contribution in [0.25, 0.3) is 0 Å². The molecule has 0 atom stereocenters. The SMILES string of the molecule is CCC=CCC[O]. The van der Waals surface area contributed by atoms with E-state index >= 15 is 0 Å². The van der Waals surface area contributed by atoms with Crippen molar-refractivity contribution in [2.75, 3.05) is 6.61 Å². The van der Waals surface area contributed by atoms with E-state index in [0.29, 0.717) is 6.42 Å². The van der Waals surface area contributed by atoms with Crippen LogP contribution >= 0.6 is 0 Å². The van der Waals surface area contributed by atoms with Gasteiger partial charge in [0.05, 0.1) is 6.61 Å². The molecule has 0 unspecified atom stereocenters. The maximum atomic E-state index is 9.75. The van der Waals surface area contributed by atoms with Crippen molar-refractivity contribution < 1.29 is 5.11 Å². The Balaban J connectivity index is 2.78. The Kier molecular flexibility index (Phi) is 5.46. The van der Waals surface area contributed by atoms with Crippen molar-refractivity contribution in [3.63, 3.8) is 0 Å². The van der Waals surface area contributed by atoms with Crippen molar-refractivity contribution >= 4 is 0 Å². The van der Waals surface area contributed by atoms with Crippen LogP contribution in [-0.4, -0.2) is 6.61 Å². The van der Waals surface area contributed by atoms with Gasteiger partial charge in [-0.05, 0) is 12.8 Å². The van der Waals surface area contributed by atoms with Crippen molar-refractivity contribution in [2.45, 2.75) is 19.8 Å². The predicted molar refractivity (Wildman–Crippen MR) is 29.6 cm³/mol. The predicted octanol–water partition coefficient (Wildman–Crippen LogP) is 1.77. The molecule has 0 heterocycles. The molecule has 0 aromatic carbocycles. The van der Waals surface area contributed by atoms with Crippen molar-refractivity contribution in [1.82, 2.24) is 0 Å². The Labute approximate surface area is 44.7 Å². The molecule has 41 valence electrons.